The molecule has 0 bridgehead atoms. The Balaban J connectivity index is 1.86. The highest BCUT2D eigenvalue weighted by atomic mass is 16.5. The number of ether oxygens (including phenoxy) is 1. The van der Waals surface area contributed by atoms with Crippen molar-refractivity contribution in [3.63, 3.8) is 0 Å². The lowest BCUT2D eigenvalue weighted by molar-refractivity contribution is 0.0303. The fourth-order valence-corrected chi connectivity index (χ4v) is 2.78. The van der Waals surface area contributed by atoms with Crippen LogP contribution in [0.3, 0.4) is 0 Å². The van der Waals surface area contributed by atoms with Crippen molar-refractivity contribution >= 4 is 0 Å². The summed E-state index contributed by atoms with van der Waals surface area (Å²) in [6.07, 6.45) is 2.49. The first-order chi connectivity index (χ1) is 7.57. The van der Waals surface area contributed by atoms with Gasteiger partial charge in [0.15, 0.2) is 0 Å². The van der Waals surface area contributed by atoms with Crippen molar-refractivity contribution in [2.45, 2.75) is 45.2 Å². The molecule has 3 nitrogen and oxygen atoms in total. The first kappa shape index (κ1) is 12.3. The number of piperazine rings is 1. The van der Waals surface area contributed by atoms with Crippen LogP contribution >= 0.6 is 0 Å². The second-order valence-corrected chi connectivity index (χ2v) is 6.10. The van der Waals surface area contributed by atoms with Crippen molar-refractivity contribution < 1.29 is 4.74 Å². The number of nitrogens with zero attached hydrogens (tertiary/aromatic N) is 1. The molecule has 0 saturated carbocycles. The van der Waals surface area contributed by atoms with Crippen LogP contribution < -0.4 is 5.32 Å². The molecular weight excluding hydrogens is 200 g/mol. The molecule has 0 radical (unpaired) electrons. The molecule has 1 unspecified atom stereocenters. The van der Waals surface area contributed by atoms with Crippen molar-refractivity contribution in [2.75, 3.05) is 32.8 Å². The minimum absolute atomic E-state index is 0.275. The van der Waals surface area contributed by atoms with Crippen LogP contribution in [-0.2, 0) is 4.74 Å². The third-order valence-corrected chi connectivity index (χ3v) is 3.93. The molecular formula is C13H26N2O. The summed E-state index contributed by atoms with van der Waals surface area (Å²) in [5, 5.41) is 3.61. The number of nitrogens with one attached hydrogen (secondary N) is 1. The fourth-order valence-electron chi connectivity index (χ4n) is 2.78. The predicted molar refractivity (Wildman–Crippen MR) is 66.7 cm³/mol. The largest absolute Gasteiger partial charge is 0.381 e. The molecule has 2 heterocycles. The van der Waals surface area contributed by atoms with Crippen LogP contribution in [0.5, 0.6) is 0 Å². The molecule has 2 aliphatic heterocycles. The summed E-state index contributed by atoms with van der Waals surface area (Å²) in [7, 11) is 0. The first-order valence-electron chi connectivity index (χ1n) is 6.64. The second-order valence-electron chi connectivity index (χ2n) is 6.10. The van der Waals surface area contributed by atoms with E-state index in [1.54, 1.807) is 0 Å². The summed E-state index contributed by atoms with van der Waals surface area (Å²) in [6, 6.07) is 0.677. The van der Waals surface area contributed by atoms with Crippen LogP contribution in [0.25, 0.3) is 0 Å². The highest BCUT2D eigenvalue weighted by molar-refractivity contribution is 4.91. The summed E-state index contributed by atoms with van der Waals surface area (Å²) in [5.41, 5.74) is 0.275. The van der Waals surface area contributed by atoms with E-state index in [1.807, 2.05) is 0 Å². The average Bonchev–Trinajstić information content (AvgIpc) is 2.25. The van der Waals surface area contributed by atoms with Crippen molar-refractivity contribution in [3.8, 4) is 0 Å². The van der Waals surface area contributed by atoms with Crippen molar-refractivity contribution in [2.24, 2.45) is 5.92 Å². The zero-order valence-electron chi connectivity index (χ0n) is 11.0. The van der Waals surface area contributed by atoms with E-state index in [4.69, 9.17) is 4.74 Å². The van der Waals surface area contributed by atoms with E-state index in [0.717, 1.165) is 25.7 Å². The van der Waals surface area contributed by atoms with Crippen molar-refractivity contribution in [1.82, 2.24) is 10.2 Å². The van der Waals surface area contributed by atoms with E-state index in [-0.39, 0.29) is 5.54 Å². The highest BCUT2D eigenvalue weighted by Gasteiger charge is 2.31. The maximum absolute atomic E-state index is 5.43. The van der Waals surface area contributed by atoms with Crippen LogP contribution in [0.1, 0.15) is 33.6 Å². The molecule has 1 N–H and O–H groups in total. The summed E-state index contributed by atoms with van der Waals surface area (Å²) in [5.74, 6) is 0.852. The maximum atomic E-state index is 5.43. The molecule has 0 amide bonds. The van der Waals surface area contributed by atoms with Gasteiger partial charge in [-0.05, 0) is 39.5 Å². The Morgan fingerprint density at radius 2 is 2.00 bits per heavy atom. The number of hydrogen-bond acceptors (Lipinski definition) is 3. The summed E-state index contributed by atoms with van der Waals surface area (Å²) >= 11 is 0. The molecule has 1 atom stereocenters. The van der Waals surface area contributed by atoms with Gasteiger partial charge in [0.1, 0.15) is 0 Å². The molecule has 0 aromatic carbocycles. The monoisotopic (exact) mass is 226 g/mol. The fraction of sp³-hybridized carbons (Fsp3) is 1.00. The zero-order chi connectivity index (χ0) is 11.6. The molecule has 2 rings (SSSR count). The highest BCUT2D eigenvalue weighted by Crippen LogP contribution is 2.21. The molecule has 0 aliphatic carbocycles. The SMILES string of the molecule is CC1CNC(C)(C)CN1CC1CCOCC1. The van der Waals surface area contributed by atoms with Gasteiger partial charge in [-0.15, -0.1) is 0 Å². The number of hydrogen-bond donors (Lipinski definition) is 1. The topological polar surface area (TPSA) is 24.5 Å². The van der Waals surface area contributed by atoms with Crippen molar-refractivity contribution in [1.29, 1.82) is 0 Å². The molecule has 94 valence electrons. The Morgan fingerprint density at radius 1 is 1.31 bits per heavy atom. The molecule has 3 heteroatoms. The van der Waals surface area contributed by atoms with E-state index in [9.17, 15) is 0 Å². The van der Waals surface area contributed by atoms with Gasteiger partial charge in [0.05, 0.1) is 0 Å². The van der Waals surface area contributed by atoms with Gasteiger partial charge in [-0.1, -0.05) is 0 Å². The molecule has 0 aromatic rings. The third-order valence-electron chi connectivity index (χ3n) is 3.93. The number of rotatable bonds is 2. The van der Waals surface area contributed by atoms with Crippen LogP contribution in [-0.4, -0.2) is 49.3 Å². The quantitative estimate of drug-likeness (QED) is 0.772. The lowest BCUT2D eigenvalue weighted by Gasteiger charge is -2.45. The summed E-state index contributed by atoms with van der Waals surface area (Å²) < 4.78 is 5.43. The van der Waals surface area contributed by atoms with E-state index >= 15 is 0 Å². The summed E-state index contributed by atoms with van der Waals surface area (Å²) in [6.45, 7) is 12.4. The van der Waals surface area contributed by atoms with Crippen LogP contribution in [0, 0.1) is 5.92 Å². The van der Waals surface area contributed by atoms with Gasteiger partial charge in [0.25, 0.3) is 0 Å². The average molecular weight is 226 g/mol. The Hall–Kier alpha value is -0.120. The molecule has 16 heavy (non-hydrogen) atoms. The minimum atomic E-state index is 0.275. The standard InChI is InChI=1S/C13H26N2O/c1-11-8-14-13(2,3)10-15(11)9-12-4-6-16-7-5-12/h11-12,14H,4-10H2,1-3H3. The lowest BCUT2D eigenvalue weighted by atomic mass is 9.94. The van der Waals surface area contributed by atoms with E-state index in [2.05, 4.69) is 31.0 Å². The zero-order valence-corrected chi connectivity index (χ0v) is 11.0. The van der Waals surface area contributed by atoms with Gasteiger partial charge in [-0.25, -0.2) is 0 Å². The Labute approximate surface area is 99.5 Å². The van der Waals surface area contributed by atoms with Crippen molar-refractivity contribution in [3.05, 3.63) is 0 Å². The predicted octanol–water partition coefficient (Wildman–Crippen LogP) is 1.49. The maximum Gasteiger partial charge on any atom is 0.0469 e. The van der Waals surface area contributed by atoms with Gasteiger partial charge in [0.2, 0.25) is 0 Å². The lowest BCUT2D eigenvalue weighted by Crippen LogP contribution is -2.61. The Bertz CT molecular complexity index is 224. The second kappa shape index (κ2) is 5.03. The molecule has 0 spiro atoms. The normalized spacial score (nSPS) is 32.8. The van der Waals surface area contributed by atoms with Gasteiger partial charge in [-0.2, -0.15) is 0 Å². The molecule has 2 fully saturated rings. The third kappa shape index (κ3) is 3.19. The minimum Gasteiger partial charge on any atom is -0.381 e. The van der Waals surface area contributed by atoms with Crippen LogP contribution in [0.15, 0.2) is 0 Å². The van der Waals surface area contributed by atoms with Gasteiger partial charge >= 0.3 is 0 Å². The smallest absolute Gasteiger partial charge is 0.0469 e. The van der Waals surface area contributed by atoms with Crippen LogP contribution in [0.2, 0.25) is 0 Å². The molecule has 2 aliphatic rings. The van der Waals surface area contributed by atoms with E-state index < -0.39 is 0 Å². The molecule has 2 saturated heterocycles. The molecule has 0 aromatic heterocycles. The van der Waals surface area contributed by atoms with E-state index in [1.165, 1.54) is 25.9 Å². The van der Waals surface area contributed by atoms with E-state index in [0.29, 0.717) is 6.04 Å². The van der Waals surface area contributed by atoms with Gasteiger partial charge in [0, 0.05) is 44.4 Å². The Morgan fingerprint density at radius 3 is 2.69 bits per heavy atom. The Kier molecular flexibility index (Phi) is 3.88. The summed E-state index contributed by atoms with van der Waals surface area (Å²) in [4.78, 5) is 2.66. The van der Waals surface area contributed by atoms with Gasteiger partial charge < -0.3 is 10.1 Å². The first-order valence-corrected chi connectivity index (χ1v) is 6.64. The van der Waals surface area contributed by atoms with Gasteiger partial charge in [-0.3, -0.25) is 4.90 Å². The van der Waals surface area contributed by atoms with Crippen LogP contribution in [0.4, 0.5) is 0 Å².